The highest BCUT2D eigenvalue weighted by molar-refractivity contribution is 6.58. The van der Waals surface area contributed by atoms with Gasteiger partial charge in [0.2, 0.25) is 0 Å². The van der Waals surface area contributed by atoms with Crippen LogP contribution in [0.25, 0.3) is 10.9 Å². The van der Waals surface area contributed by atoms with Crippen molar-refractivity contribution in [2.75, 3.05) is 18.5 Å². The van der Waals surface area contributed by atoms with E-state index in [1.165, 1.54) is 12.1 Å². The van der Waals surface area contributed by atoms with Gasteiger partial charge in [0, 0.05) is 19.0 Å². The Morgan fingerprint density at radius 2 is 1.81 bits per heavy atom. The summed E-state index contributed by atoms with van der Waals surface area (Å²) in [4.78, 5) is 30.9. The van der Waals surface area contributed by atoms with Crippen molar-refractivity contribution < 1.29 is 33.5 Å². The maximum Gasteiger partial charge on any atom is 0.488 e. The van der Waals surface area contributed by atoms with Crippen LogP contribution in [0.2, 0.25) is 0 Å². The van der Waals surface area contributed by atoms with Crippen molar-refractivity contribution in [3.63, 3.8) is 0 Å². The Bertz CT molecular complexity index is 1710. The molecule has 3 heterocycles. The minimum Gasteiger partial charge on any atom is -0.489 e. The van der Waals surface area contributed by atoms with E-state index in [0.717, 1.165) is 16.5 Å². The Hall–Kier alpha value is -4.35. The third-order valence-electron chi connectivity index (χ3n) is 7.68. The van der Waals surface area contributed by atoms with Gasteiger partial charge in [0.1, 0.15) is 29.9 Å². The Kier molecular flexibility index (Phi) is 6.74. The molecule has 1 amide bonds. The average molecular weight is 571 g/mol. The largest absolute Gasteiger partial charge is 0.489 e. The van der Waals surface area contributed by atoms with Crippen LogP contribution in [0, 0.1) is 5.82 Å². The molecule has 0 saturated heterocycles. The first-order valence-corrected chi connectivity index (χ1v) is 13.7. The van der Waals surface area contributed by atoms with Crippen LogP contribution in [-0.2, 0) is 17.8 Å². The van der Waals surface area contributed by atoms with Gasteiger partial charge in [-0.1, -0.05) is 24.3 Å². The summed E-state index contributed by atoms with van der Waals surface area (Å²) in [5.74, 6) is -0.179. The van der Waals surface area contributed by atoms with Crippen LogP contribution < -0.4 is 15.1 Å². The Morgan fingerprint density at radius 1 is 1.07 bits per heavy atom. The van der Waals surface area contributed by atoms with E-state index in [0.29, 0.717) is 41.1 Å². The third kappa shape index (κ3) is 4.78. The number of fused-ring (bicyclic) bond motifs is 6. The maximum atomic E-state index is 14.1. The molecule has 1 aromatic heterocycles. The van der Waals surface area contributed by atoms with Gasteiger partial charge in [-0.2, -0.15) is 0 Å². The van der Waals surface area contributed by atoms with E-state index in [9.17, 15) is 24.0 Å². The molecule has 0 fully saturated rings. The summed E-state index contributed by atoms with van der Waals surface area (Å²) in [5.41, 5.74) is 3.54. The summed E-state index contributed by atoms with van der Waals surface area (Å²) in [6.07, 6.45) is -0.679. The molecule has 9 nitrogen and oxygen atoms in total. The summed E-state index contributed by atoms with van der Waals surface area (Å²) < 4.78 is 27.6. The smallest absolute Gasteiger partial charge is 0.488 e. The highest BCUT2D eigenvalue weighted by Crippen LogP contribution is 2.45. The number of hydrogen-bond donors (Lipinski definition) is 2. The monoisotopic (exact) mass is 571 g/mol. The number of carbonyl (C=O) groups is 2. The molecule has 2 aliphatic heterocycles. The van der Waals surface area contributed by atoms with Gasteiger partial charge >= 0.3 is 13.2 Å². The molecule has 1 atom stereocenters. The normalized spacial score (nSPS) is 16.2. The molecule has 1 unspecified atom stereocenters. The average Bonchev–Trinajstić information content (AvgIpc) is 3.27. The van der Waals surface area contributed by atoms with E-state index in [2.05, 4.69) is 0 Å². The Morgan fingerprint density at radius 3 is 2.50 bits per heavy atom. The van der Waals surface area contributed by atoms with Gasteiger partial charge in [-0.15, -0.1) is 0 Å². The molecular formula is C31H31BFN3O6. The fourth-order valence-electron chi connectivity index (χ4n) is 5.82. The first kappa shape index (κ1) is 27.8. The molecule has 0 radical (unpaired) electrons. The highest BCUT2D eigenvalue weighted by atomic mass is 19.1. The van der Waals surface area contributed by atoms with Crippen molar-refractivity contribution in [1.82, 2.24) is 9.47 Å². The molecule has 11 heteroatoms. The molecule has 0 bridgehead atoms. The molecular weight excluding hydrogens is 540 g/mol. The van der Waals surface area contributed by atoms with Crippen LogP contribution in [0.15, 0.2) is 60.7 Å². The Balaban J connectivity index is 1.43. The quantitative estimate of drug-likeness (QED) is 0.358. The summed E-state index contributed by atoms with van der Waals surface area (Å²) in [5, 5.41) is 19.5. The fraction of sp³-hybridized carbons (Fsp3) is 0.290. The second-order valence-electron chi connectivity index (χ2n) is 11.7. The number of aromatic nitrogens is 1. The van der Waals surface area contributed by atoms with Gasteiger partial charge in [-0.05, 0) is 80.2 Å². The van der Waals surface area contributed by atoms with Crippen LogP contribution in [0.4, 0.5) is 14.9 Å². The van der Waals surface area contributed by atoms with E-state index < -0.39 is 30.8 Å². The van der Waals surface area contributed by atoms with E-state index >= 15 is 0 Å². The lowest BCUT2D eigenvalue weighted by molar-refractivity contribution is 0.0501. The predicted molar refractivity (Wildman–Crippen MR) is 156 cm³/mol. The molecule has 216 valence electrons. The molecule has 0 saturated carbocycles. The van der Waals surface area contributed by atoms with E-state index in [4.69, 9.17) is 9.47 Å². The van der Waals surface area contributed by atoms with Crippen LogP contribution in [0.1, 0.15) is 54.1 Å². The number of nitrogens with zero attached hydrogens (tertiary/aromatic N) is 3. The van der Waals surface area contributed by atoms with Crippen molar-refractivity contribution in [2.45, 2.75) is 45.6 Å². The summed E-state index contributed by atoms with van der Waals surface area (Å²) >= 11 is 0. The van der Waals surface area contributed by atoms with Crippen molar-refractivity contribution >= 4 is 41.2 Å². The van der Waals surface area contributed by atoms with Gasteiger partial charge in [-0.25, -0.2) is 13.8 Å². The molecule has 0 aliphatic carbocycles. The number of rotatable bonds is 4. The third-order valence-corrected chi connectivity index (χ3v) is 7.68. The summed E-state index contributed by atoms with van der Waals surface area (Å²) in [6, 6.07) is 16.5. The van der Waals surface area contributed by atoms with Crippen LogP contribution >= 0.6 is 0 Å². The van der Waals surface area contributed by atoms with Gasteiger partial charge in [0.25, 0.3) is 5.91 Å². The molecule has 3 aromatic carbocycles. The predicted octanol–water partition coefficient (Wildman–Crippen LogP) is 3.97. The summed E-state index contributed by atoms with van der Waals surface area (Å²) in [6.45, 7) is 6.05. The lowest BCUT2D eigenvalue weighted by Gasteiger charge is -2.46. The number of anilines is 1. The SMILES string of the molecule is CN1c2ccc(F)cc2C(=O)N2CCc3c(n(C(=O)OC(C)(C)C)c4ccc(OCc5ccc(B(O)O)cc5)cc34)C21. The second-order valence-corrected chi connectivity index (χ2v) is 11.7. The molecule has 2 N–H and O–H groups in total. The fourth-order valence-corrected chi connectivity index (χ4v) is 5.82. The van der Waals surface area contributed by atoms with Crippen LogP contribution in [0.3, 0.4) is 0 Å². The molecule has 42 heavy (non-hydrogen) atoms. The molecule has 0 spiro atoms. The first-order chi connectivity index (χ1) is 19.9. The lowest BCUT2D eigenvalue weighted by atomic mass is 9.80. The topological polar surface area (TPSA) is 104 Å². The number of hydrogen-bond acceptors (Lipinski definition) is 7. The lowest BCUT2D eigenvalue weighted by Crippen LogP contribution is -2.52. The van der Waals surface area contributed by atoms with Gasteiger partial charge in [0.15, 0.2) is 0 Å². The zero-order valence-electron chi connectivity index (χ0n) is 23.8. The van der Waals surface area contributed by atoms with Crippen molar-refractivity contribution in [1.29, 1.82) is 0 Å². The zero-order valence-corrected chi connectivity index (χ0v) is 23.8. The van der Waals surface area contributed by atoms with Gasteiger partial charge in [-0.3, -0.25) is 4.79 Å². The number of halogens is 1. The van der Waals surface area contributed by atoms with Crippen molar-refractivity contribution in [3.8, 4) is 5.75 Å². The number of carbonyl (C=O) groups excluding carboxylic acids is 2. The first-order valence-electron chi connectivity index (χ1n) is 13.7. The zero-order chi connectivity index (χ0) is 29.9. The van der Waals surface area contributed by atoms with E-state index in [-0.39, 0.29) is 18.1 Å². The second kappa shape index (κ2) is 10.2. The van der Waals surface area contributed by atoms with Gasteiger partial charge in [0.05, 0.1) is 22.5 Å². The van der Waals surface area contributed by atoms with E-state index in [1.54, 1.807) is 66.6 Å². The Labute approximate surface area is 242 Å². The van der Waals surface area contributed by atoms with Crippen molar-refractivity contribution in [3.05, 3.63) is 88.9 Å². The van der Waals surface area contributed by atoms with E-state index in [1.807, 2.05) is 24.1 Å². The molecule has 4 aromatic rings. The summed E-state index contributed by atoms with van der Waals surface area (Å²) in [7, 11) is 0.300. The van der Waals surface area contributed by atoms with Gasteiger partial charge < -0.3 is 29.3 Å². The van der Waals surface area contributed by atoms with Crippen molar-refractivity contribution in [2.24, 2.45) is 0 Å². The number of ether oxygens (including phenoxy) is 2. The highest BCUT2D eigenvalue weighted by Gasteiger charge is 2.44. The molecule has 2 aliphatic rings. The molecule has 6 rings (SSSR count). The number of amides is 1. The van der Waals surface area contributed by atoms with Crippen LogP contribution in [0.5, 0.6) is 5.75 Å². The maximum absolute atomic E-state index is 14.1. The minimum absolute atomic E-state index is 0.253. The minimum atomic E-state index is -1.54. The number of benzene rings is 3. The standard InChI is InChI=1S/C31H31BFN3O6/c1-31(2,3)42-30(38)36-26-12-10-21(41-17-18-5-7-19(8-6-18)32(39)40)16-23(26)22-13-14-35-28(27(22)36)34(4)25-11-9-20(33)15-24(25)29(35)37/h5-12,15-16,28,39-40H,13-14,17H2,1-4H3. The van der Waals surface area contributed by atoms with Crippen LogP contribution in [-0.4, -0.2) is 57.8 Å².